The van der Waals surface area contributed by atoms with Crippen LogP contribution in [0.25, 0.3) is 6.08 Å². The maximum absolute atomic E-state index is 12.9. The van der Waals surface area contributed by atoms with Gasteiger partial charge in [-0.25, -0.2) is 4.79 Å². The lowest BCUT2D eigenvalue weighted by molar-refractivity contribution is -0.129. The molecule has 6 heteroatoms. The number of carboxylic acid groups (broad SMARTS) is 1. The van der Waals surface area contributed by atoms with E-state index in [0.717, 1.165) is 36.4 Å². The van der Waals surface area contributed by atoms with Crippen molar-refractivity contribution in [1.29, 1.82) is 0 Å². The lowest BCUT2D eigenvalue weighted by atomic mass is 10.0. The van der Waals surface area contributed by atoms with Crippen molar-refractivity contribution in [2.24, 2.45) is 5.10 Å². The highest BCUT2D eigenvalue weighted by molar-refractivity contribution is 6.52. The second kappa shape index (κ2) is 10.0. The number of nitrogens with zero attached hydrogens (tertiary/aromatic N) is 3. The van der Waals surface area contributed by atoms with Crippen LogP contribution in [0.2, 0.25) is 0 Å². The van der Waals surface area contributed by atoms with Crippen LogP contribution in [0.5, 0.6) is 0 Å². The number of fused-ring (bicyclic) bond motifs is 1. The van der Waals surface area contributed by atoms with Crippen molar-refractivity contribution in [2.45, 2.75) is 26.2 Å². The Kier molecular flexibility index (Phi) is 6.50. The summed E-state index contributed by atoms with van der Waals surface area (Å²) in [6.45, 7) is 3.08. The molecule has 180 valence electrons. The Morgan fingerprint density at radius 3 is 2.50 bits per heavy atom. The Morgan fingerprint density at radius 1 is 0.972 bits per heavy atom. The molecule has 0 fully saturated rings. The molecule has 2 heterocycles. The minimum atomic E-state index is -1.23. The first-order valence-electron chi connectivity index (χ1n) is 12.1. The van der Waals surface area contributed by atoms with E-state index in [1.807, 2.05) is 12.1 Å². The molecule has 0 aromatic heterocycles. The summed E-state index contributed by atoms with van der Waals surface area (Å²) in [7, 11) is 0. The summed E-state index contributed by atoms with van der Waals surface area (Å²) in [5.74, 6) is -1.69. The lowest BCUT2D eigenvalue weighted by Crippen LogP contribution is -2.22. The zero-order valence-corrected chi connectivity index (χ0v) is 20.1. The summed E-state index contributed by atoms with van der Waals surface area (Å²) in [6.07, 6.45) is 8.39. The minimum Gasteiger partial charge on any atom is -0.476 e. The molecule has 5 rings (SSSR count). The molecule has 2 aliphatic rings. The third-order valence-electron chi connectivity index (χ3n) is 6.45. The van der Waals surface area contributed by atoms with Crippen LogP contribution in [0.3, 0.4) is 0 Å². The van der Waals surface area contributed by atoms with Gasteiger partial charge in [0.15, 0.2) is 5.71 Å². The standard InChI is InChI=1S/C30H27N3O3/c1-21-13-16-24(17-14-21)32-19-6-5-9-23-20-22(15-18-27(23)32)8-7-12-26-28(30(35)36)31-33(29(26)34)25-10-3-2-4-11-25/h2-4,7-8,10-18,20H,5-6,9,19H2,1H3,(H,35,36)/b8-7+,26-12-. The molecule has 2 aliphatic heterocycles. The monoisotopic (exact) mass is 477 g/mol. The number of carboxylic acids is 1. The summed E-state index contributed by atoms with van der Waals surface area (Å²) < 4.78 is 0. The first-order valence-corrected chi connectivity index (χ1v) is 12.1. The maximum atomic E-state index is 12.9. The Morgan fingerprint density at radius 2 is 1.75 bits per heavy atom. The number of para-hydroxylation sites is 1. The molecule has 0 saturated heterocycles. The molecule has 3 aromatic rings. The van der Waals surface area contributed by atoms with E-state index in [-0.39, 0.29) is 11.3 Å². The number of anilines is 3. The van der Waals surface area contributed by atoms with Crippen LogP contribution in [-0.4, -0.2) is 29.2 Å². The van der Waals surface area contributed by atoms with Crippen molar-refractivity contribution >= 4 is 40.7 Å². The van der Waals surface area contributed by atoms with Gasteiger partial charge in [0, 0.05) is 17.9 Å². The van der Waals surface area contributed by atoms with Gasteiger partial charge < -0.3 is 10.0 Å². The summed E-state index contributed by atoms with van der Waals surface area (Å²) in [5.41, 5.74) is 6.26. The van der Waals surface area contributed by atoms with Gasteiger partial charge in [-0.15, -0.1) is 0 Å². The van der Waals surface area contributed by atoms with E-state index in [4.69, 9.17) is 0 Å². The first-order chi connectivity index (χ1) is 17.5. The molecule has 36 heavy (non-hydrogen) atoms. The van der Waals surface area contributed by atoms with Crippen molar-refractivity contribution in [3.63, 3.8) is 0 Å². The summed E-state index contributed by atoms with van der Waals surface area (Å²) in [6, 6.07) is 23.8. The van der Waals surface area contributed by atoms with Crippen LogP contribution in [0.1, 0.15) is 29.5 Å². The van der Waals surface area contributed by atoms with Crippen LogP contribution in [-0.2, 0) is 16.0 Å². The highest BCUT2D eigenvalue weighted by Gasteiger charge is 2.34. The van der Waals surface area contributed by atoms with Gasteiger partial charge in [0.2, 0.25) is 0 Å². The van der Waals surface area contributed by atoms with Gasteiger partial charge in [0.1, 0.15) is 0 Å². The number of carbonyl (C=O) groups is 2. The maximum Gasteiger partial charge on any atom is 0.357 e. The number of hydrogen-bond donors (Lipinski definition) is 1. The molecule has 0 saturated carbocycles. The minimum absolute atomic E-state index is 0.0582. The number of allylic oxidation sites excluding steroid dienone is 2. The summed E-state index contributed by atoms with van der Waals surface area (Å²) in [4.78, 5) is 27.0. The molecule has 0 bridgehead atoms. The number of carbonyl (C=O) groups excluding carboxylic acids is 1. The van der Waals surface area contributed by atoms with Crippen molar-refractivity contribution in [2.75, 3.05) is 16.5 Å². The van der Waals surface area contributed by atoms with Gasteiger partial charge >= 0.3 is 5.97 Å². The van der Waals surface area contributed by atoms with Crippen molar-refractivity contribution in [1.82, 2.24) is 0 Å². The molecular weight excluding hydrogens is 450 g/mol. The summed E-state index contributed by atoms with van der Waals surface area (Å²) >= 11 is 0. The average Bonchev–Trinajstić information content (AvgIpc) is 3.07. The van der Waals surface area contributed by atoms with Crippen LogP contribution in [0.4, 0.5) is 17.1 Å². The quantitative estimate of drug-likeness (QED) is 0.465. The predicted molar refractivity (Wildman–Crippen MR) is 144 cm³/mol. The Bertz CT molecular complexity index is 1390. The van der Waals surface area contributed by atoms with Crippen molar-refractivity contribution in [3.05, 3.63) is 107 Å². The van der Waals surface area contributed by atoms with E-state index in [1.165, 1.54) is 28.6 Å². The molecule has 0 aliphatic carbocycles. The van der Waals surface area contributed by atoms with Gasteiger partial charge in [0.05, 0.1) is 11.3 Å². The Balaban J connectivity index is 1.40. The van der Waals surface area contributed by atoms with Crippen molar-refractivity contribution < 1.29 is 14.7 Å². The molecular formula is C30H27N3O3. The van der Waals surface area contributed by atoms with Gasteiger partial charge in [-0.1, -0.05) is 54.1 Å². The van der Waals surface area contributed by atoms with Gasteiger partial charge in [-0.05, 0) is 79.8 Å². The number of rotatable bonds is 5. The molecule has 0 atom stereocenters. The third kappa shape index (κ3) is 4.70. The lowest BCUT2D eigenvalue weighted by Gasteiger charge is -2.25. The zero-order chi connectivity index (χ0) is 25.1. The number of amides is 1. The smallest absolute Gasteiger partial charge is 0.357 e. The second-order valence-corrected chi connectivity index (χ2v) is 8.98. The van der Waals surface area contributed by atoms with Gasteiger partial charge in [-0.2, -0.15) is 10.1 Å². The first kappa shape index (κ1) is 23.3. The van der Waals surface area contributed by atoms with E-state index in [1.54, 1.807) is 30.3 Å². The van der Waals surface area contributed by atoms with Crippen molar-refractivity contribution in [3.8, 4) is 0 Å². The molecule has 0 spiro atoms. The topological polar surface area (TPSA) is 73.2 Å². The van der Waals surface area contributed by atoms with Gasteiger partial charge in [-0.3, -0.25) is 4.79 Å². The van der Waals surface area contributed by atoms with Crippen LogP contribution in [0.15, 0.2) is 95.6 Å². The number of hydrogen-bond acceptors (Lipinski definition) is 4. The van der Waals surface area contributed by atoms with Crippen LogP contribution in [0, 0.1) is 6.92 Å². The van der Waals surface area contributed by atoms with Crippen LogP contribution < -0.4 is 9.91 Å². The SMILES string of the molecule is Cc1ccc(N2CCCCc3cc(/C=C/C=C4\C(=O)N(c5ccccc5)N=C4C(=O)O)ccc32)cc1. The number of aryl methyl sites for hydroxylation is 2. The predicted octanol–water partition coefficient (Wildman–Crippen LogP) is 5.90. The highest BCUT2D eigenvalue weighted by Crippen LogP contribution is 2.34. The van der Waals surface area contributed by atoms with E-state index in [9.17, 15) is 14.7 Å². The van der Waals surface area contributed by atoms with E-state index < -0.39 is 11.9 Å². The normalized spacial score (nSPS) is 16.9. The summed E-state index contributed by atoms with van der Waals surface area (Å²) in [5, 5.41) is 14.8. The Hall–Kier alpha value is -4.45. The van der Waals surface area contributed by atoms with Gasteiger partial charge in [0.25, 0.3) is 5.91 Å². The van der Waals surface area contributed by atoms with E-state index >= 15 is 0 Å². The largest absolute Gasteiger partial charge is 0.476 e. The van der Waals surface area contributed by atoms with E-state index in [0.29, 0.717) is 5.69 Å². The fourth-order valence-corrected chi connectivity index (χ4v) is 4.59. The second-order valence-electron chi connectivity index (χ2n) is 8.98. The number of aliphatic carboxylic acids is 1. The average molecular weight is 478 g/mol. The van der Waals surface area contributed by atoms with Crippen LogP contribution >= 0.6 is 0 Å². The fourth-order valence-electron chi connectivity index (χ4n) is 4.59. The Labute approximate surface area is 210 Å². The molecule has 0 radical (unpaired) electrons. The zero-order valence-electron chi connectivity index (χ0n) is 20.1. The highest BCUT2D eigenvalue weighted by atomic mass is 16.4. The third-order valence-corrected chi connectivity index (χ3v) is 6.45. The number of benzene rings is 3. The molecule has 1 amide bonds. The number of hydrazone groups is 1. The molecule has 3 aromatic carbocycles. The molecule has 0 unspecified atom stereocenters. The molecule has 6 nitrogen and oxygen atoms in total. The fraction of sp³-hybridized carbons (Fsp3) is 0.167. The molecule has 1 N–H and O–H groups in total. The van der Waals surface area contributed by atoms with E-state index in [2.05, 4.69) is 59.4 Å².